The second kappa shape index (κ2) is 7.40. The molecule has 2 aromatic carbocycles. The molecule has 0 spiro atoms. The molecule has 0 bridgehead atoms. The van der Waals surface area contributed by atoms with Crippen molar-refractivity contribution in [3.8, 4) is 11.5 Å². The average Bonchev–Trinajstić information content (AvgIpc) is 2.96. The van der Waals surface area contributed by atoms with Gasteiger partial charge in [0.05, 0.1) is 19.5 Å². The maximum atomic E-state index is 13.0. The van der Waals surface area contributed by atoms with E-state index in [1.165, 1.54) is 17.3 Å². The third-order valence-electron chi connectivity index (χ3n) is 4.46. The van der Waals surface area contributed by atoms with E-state index in [1.807, 2.05) is 48.2 Å². The van der Waals surface area contributed by atoms with Crippen molar-refractivity contribution in [3.63, 3.8) is 0 Å². The molecule has 0 aromatic heterocycles. The fraction of sp³-hybridized carbons (Fsp3) is 0.350. The second-order valence-corrected chi connectivity index (χ2v) is 7.58. The topological polar surface area (TPSA) is 38.8 Å². The third-order valence-corrected chi connectivity index (χ3v) is 5.54. The van der Waals surface area contributed by atoms with Crippen LogP contribution in [-0.4, -0.2) is 31.4 Å². The second-order valence-electron chi connectivity index (χ2n) is 6.17. The van der Waals surface area contributed by atoms with Gasteiger partial charge in [-0.1, -0.05) is 18.2 Å². The summed E-state index contributed by atoms with van der Waals surface area (Å²) >= 11 is 1.54. The fourth-order valence-corrected chi connectivity index (χ4v) is 4.19. The van der Waals surface area contributed by atoms with Crippen LogP contribution in [0, 0.1) is 0 Å². The SMILES string of the molecule is COc1ccc(S[C@H](C)C(=O)N2c3ccccc3C[C@@H]2C)cc1OC. The van der Waals surface area contributed by atoms with E-state index in [0.717, 1.165) is 17.0 Å². The van der Waals surface area contributed by atoms with Crippen molar-refractivity contribution in [2.75, 3.05) is 19.1 Å². The van der Waals surface area contributed by atoms with Gasteiger partial charge in [0.15, 0.2) is 11.5 Å². The zero-order valence-corrected chi connectivity index (χ0v) is 15.8. The predicted molar refractivity (Wildman–Crippen MR) is 102 cm³/mol. The summed E-state index contributed by atoms with van der Waals surface area (Å²) in [5, 5.41) is -0.188. The summed E-state index contributed by atoms with van der Waals surface area (Å²) in [7, 11) is 3.23. The van der Waals surface area contributed by atoms with Crippen molar-refractivity contribution in [3.05, 3.63) is 48.0 Å². The minimum absolute atomic E-state index is 0.136. The van der Waals surface area contributed by atoms with Crippen LogP contribution in [-0.2, 0) is 11.2 Å². The number of benzene rings is 2. The number of rotatable bonds is 5. The molecule has 2 atom stereocenters. The van der Waals surface area contributed by atoms with E-state index in [-0.39, 0.29) is 17.2 Å². The molecule has 0 fully saturated rings. The Balaban J connectivity index is 1.77. The minimum Gasteiger partial charge on any atom is -0.493 e. The number of para-hydroxylation sites is 1. The Bertz CT molecular complexity index is 777. The maximum Gasteiger partial charge on any atom is 0.240 e. The number of hydrogen-bond donors (Lipinski definition) is 0. The molecule has 25 heavy (non-hydrogen) atoms. The van der Waals surface area contributed by atoms with Gasteiger partial charge in [-0.3, -0.25) is 4.79 Å². The normalized spacial score (nSPS) is 17.1. The van der Waals surface area contributed by atoms with Crippen molar-refractivity contribution >= 4 is 23.4 Å². The van der Waals surface area contributed by atoms with Crippen LogP contribution in [0.2, 0.25) is 0 Å². The van der Waals surface area contributed by atoms with E-state index in [1.54, 1.807) is 14.2 Å². The van der Waals surface area contributed by atoms with Gasteiger partial charge in [-0.05, 0) is 50.1 Å². The van der Waals surface area contributed by atoms with Crippen molar-refractivity contribution in [1.29, 1.82) is 0 Å². The molecule has 0 N–H and O–H groups in total. The molecule has 1 heterocycles. The third kappa shape index (κ3) is 3.47. The summed E-state index contributed by atoms with van der Waals surface area (Å²) < 4.78 is 10.6. The zero-order valence-electron chi connectivity index (χ0n) is 15.0. The quantitative estimate of drug-likeness (QED) is 0.753. The molecule has 1 aliphatic rings. The van der Waals surface area contributed by atoms with Crippen molar-refractivity contribution < 1.29 is 14.3 Å². The standard InChI is InChI=1S/C20H23NO3S/c1-13-11-15-7-5-6-8-17(15)21(13)20(22)14(2)25-16-9-10-18(23-3)19(12-16)24-4/h5-10,12-14H,11H2,1-4H3/t13-,14+/m0/s1. The van der Waals surface area contributed by atoms with Crippen LogP contribution >= 0.6 is 11.8 Å². The van der Waals surface area contributed by atoms with E-state index < -0.39 is 0 Å². The molecule has 0 aliphatic carbocycles. The molecule has 0 radical (unpaired) electrons. The Morgan fingerprint density at radius 2 is 1.88 bits per heavy atom. The Morgan fingerprint density at radius 3 is 2.60 bits per heavy atom. The van der Waals surface area contributed by atoms with Gasteiger partial charge in [0.1, 0.15) is 0 Å². The van der Waals surface area contributed by atoms with Crippen LogP contribution in [0.4, 0.5) is 5.69 Å². The number of carbonyl (C=O) groups excluding carboxylic acids is 1. The van der Waals surface area contributed by atoms with Crippen LogP contribution in [0.15, 0.2) is 47.4 Å². The number of ether oxygens (including phenoxy) is 2. The van der Waals surface area contributed by atoms with Gasteiger partial charge in [0.25, 0.3) is 0 Å². The van der Waals surface area contributed by atoms with E-state index in [2.05, 4.69) is 13.0 Å². The number of carbonyl (C=O) groups is 1. The molecule has 0 saturated heterocycles. The molecule has 2 aromatic rings. The van der Waals surface area contributed by atoms with Gasteiger partial charge in [-0.2, -0.15) is 0 Å². The molecule has 132 valence electrons. The van der Waals surface area contributed by atoms with Crippen molar-refractivity contribution in [2.24, 2.45) is 0 Å². The molecular formula is C20H23NO3S. The van der Waals surface area contributed by atoms with Crippen LogP contribution in [0.3, 0.4) is 0 Å². The van der Waals surface area contributed by atoms with E-state index >= 15 is 0 Å². The molecule has 1 amide bonds. The summed E-state index contributed by atoms with van der Waals surface area (Å²) in [6.45, 7) is 4.06. The average molecular weight is 357 g/mol. The highest BCUT2D eigenvalue weighted by atomic mass is 32.2. The van der Waals surface area contributed by atoms with E-state index in [9.17, 15) is 4.79 Å². The number of fused-ring (bicyclic) bond motifs is 1. The van der Waals surface area contributed by atoms with Gasteiger partial charge in [-0.15, -0.1) is 11.8 Å². The predicted octanol–water partition coefficient (Wildman–Crippen LogP) is 4.16. The summed E-state index contributed by atoms with van der Waals surface area (Å²) in [6, 6.07) is 14.1. The lowest BCUT2D eigenvalue weighted by molar-refractivity contribution is -0.118. The van der Waals surface area contributed by atoms with Crippen LogP contribution in [0.5, 0.6) is 11.5 Å². The fourth-order valence-electron chi connectivity index (χ4n) is 3.24. The molecule has 1 aliphatic heterocycles. The Hall–Kier alpha value is -2.14. The summed E-state index contributed by atoms with van der Waals surface area (Å²) in [5.41, 5.74) is 2.28. The highest BCUT2D eigenvalue weighted by molar-refractivity contribution is 8.00. The number of amides is 1. The van der Waals surface area contributed by atoms with Crippen LogP contribution < -0.4 is 14.4 Å². The first-order chi connectivity index (χ1) is 12.0. The molecule has 5 heteroatoms. The zero-order chi connectivity index (χ0) is 18.0. The van der Waals surface area contributed by atoms with Crippen LogP contribution in [0.25, 0.3) is 0 Å². The molecule has 3 rings (SSSR count). The number of anilines is 1. The van der Waals surface area contributed by atoms with Crippen molar-refractivity contribution in [2.45, 2.75) is 36.5 Å². The lowest BCUT2D eigenvalue weighted by Crippen LogP contribution is -2.40. The van der Waals surface area contributed by atoms with E-state index in [0.29, 0.717) is 11.5 Å². The maximum absolute atomic E-state index is 13.0. The molecule has 0 saturated carbocycles. The number of thioether (sulfide) groups is 1. The summed E-state index contributed by atoms with van der Waals surface area (Å²) in [4.78, 5) is 16.0. The largest absolute Gasteiger partial charge is 0.493 e. The molecular weight excluding hydrogens is 334 g/mol. The highest BCUT2D eigenvalue weighted by Gasteiger charge is 2.33. The summed E-state index contributed by atoms with van der Waals surface area (Å²) in [5.74, 6) is 1.50. The summed E-state index contributed by atoms with van der Waals surface area (Å²) in [6.07, 6.45) is 0.912. The Morgan fingerprint density at radius 1 is 1.16 bits per heavy atom. The van der Waals surface area contributed by atoms with Crippen molar-refractivity contribution in [1.82, 2.24) is 0 Å². The van der Waals surface area contributed by atoms with Gasteiger partial charge >= 0.3 is 0 Å². The lowest BCUT2D eigenvalue weighted by Gasteiger charge is -2.26. The van der Waals surface area contributed by atoms with Gasteiger partial charge in [0, 0.05) is 16.6 Å². The monoisotopic (exact) mass is 357 g/mol. The number of methoxy groups -OCH3 is 2. The first kappa shape index (κ1) is 17.7. The van der Waals surface area contributed by atoms with Gasteiger partial charge < -0.3 is 14.4 Å². The minimum atomic E-state index is -0.188. The van der Waals surface area contributed by atoms with Gasteiger partial charge in [-0.25, -0.2) is 0 Å². The number of hydrogen-bond acceptors (Lipinski definition) is 4. The molecule has 4 nitrogen and oxygen atoms in total. The Labute approximate surface area is 153 Å². The van der Waals surface area contributed by atoms with E-state index in [4.69, 9.17) is 9.47 Å². The van der Waals surface area contributed by atoms with Gasteiger partial charge in [0.2, 0.25) is 5.91 Å². The first-order valence-electron chi connectivity index (χ1n) is 8.34. The molecule has 0 unspecified atom stereocenters. The van der Waals surface area contributed by atoms with Crippen LogP contribution in [0.1, 0.15) is 19.4 Å². The Kier molecular flexibility index (Phi) is 5.23. The highest BCUT2D eigenvalue weighted by Crippen LogP contribution is 2.37. The number of nitrogens with zero attached hydrogens (tertiary/aromatic N) is 1. The first-order valence-corrected chi connectivity index (χ1v) is 9.22. The lowest BCUT2D eigenvalue weighted by atomic mass is 10.1. The smallest absolute Gasteiger partial charge is 0.240 e.